The predicted octanol–water partition coefficient (Wildman–Crippen LogP) is 4.75. The fourth-order valence-corrected chi connectivity index (χ4v) is 1.34. The summed E-state index contributed by atoms with van der Waals surface area (Å²) in [5, 5.41) is 0. The largest absolute Gasteiger partial charge is 0.405 e. The van der Waals surface area contributed by atoms with Crippen molar-refractivity contribution in [2.75, 3.05) is 0 Å². The van der Waals surface area contributed by atoms with E-state index in [2.05, 4.69) is 0 Å². The van der Waals surface area contributed by atoms with Gasteiger partial charge in [-0.3, -0.25) is 0 Å². The van der Waals surface area contributed by atoms with Crippen LogP contribution < -0.4 is 0 Å². The number of rotatable bonds is 1. The van der Waals surface area contributed by atoms with Crippen molar-refractivity contribution in [2.24, 2.45) is 0 Å². The van der Waals surface area contributed by atoms with E-state index in [0.29, 0.717) is 18.2 Å². The summed E-state index contributed by atoms with van der Waals surface area (Å²) in [6, 6.07) is 1.01. The second kappa shape index (κ2) is 4.53. The zero-order chi connectivity index (χ0) is 15.1. The summed E-state index contributed by atoms with van der Waals surface area (Å²) >= 11 is 0. The first-order valence-electron chi connectivity index (χ1n) is 4.52. The number of hydrogen-bond acceptors (Lipinski definition) is 0. The lowest BCUT2D eigenvalue weighted by Crippen LogP contribution is -2.35. The molecule has 0 aromatic heterocycles. The van der Waals surface area contributed by atoms with Crippen molar-refractivity contribution in [3.63, 3.8) is 0 Å². The third-order valence-electron chi connectivity index (χ3n) is 2.05. The first kappa shape index (κ1) is 15.5. The summed E-state index contributed by atoms with van der Waals surface area (Å²) in [6.45, 7) is 0. The van der Waals surface area contributed by atoms with Crippen molar-refractivity contribution in [1.29, 1.82) is 0 Å². The average Bonchev–Trinajstić information content (AvgIpc) is 2.11. The van der Waals surface area contributed by atoms with E-state index in [1.54, 1.807) is 0 Å². The Labute approximate surface area is 100 Å². The van der Waals surface area contributed by atoms with E-state index in [1.807, 2.05) is 0 Å². The van der Waals surface area contributed by atoms with Crippen molar-refractivity contribution in [2.45, 2.75) is 18.5 Å². The summed E-state index contributed by atoms with van der Waals surface area (Å²) < 4.78 is 111. The van der Waals surface area contributed by atoms with Gasteiger partial charge in [0, 0.05) is 5.92 Å². The normalized spacial score (nSPS) is 13.5. The van der Waals surface area contributed by atoms with Gasteiger partial charge in [0.25, 0.3) is 0 Å². The van der Waals surface area contributed by atoms with Crippen molar-refractivity contribution in [1.82, 2.24) is 0 Å². The lowest BCUT2D eigenvalue weighted by atomic mass is 9.96. The molecule has 9 heteroatoms. The Balaban J connectivity index is 3.34. The lowest BCUT2D eigenvalue weighted by Gasteiger charge is -2.31. The number of benzene rings is 1. The quantitative estimate of drug-likeness (QED) is 0.518. The van der Waals surface area contributed by atoms with Crippen LogP contribution >= 0.6 is 0 Å². The topological polar surface area (TPSA) is 0 Å². The zero-order valence-corrected chi connectivity index (χ0v) is 8.71. The Morgan fingerprint density at radius 3 is 1.58 bits per heavy atom. The maximum absolute atomic E-state index is 12.3. The first-order valence-corrected chi connectivity index (χ1v) is 4.52. The molecule has 0 amide bonds. The Bertz CT molecular complexity index is 424. The second-order valence-corrected chi connectivity index (χ2v) is 3.45. The maximum atomic E-state index is 12.3. The molecule has 0 bridgehead atoms. The van der Waals surface area contributed by atoms with Crippen LogP contribution in [0, 0.1) is 5.92 Å². The van der Waals surface area contributed by atoms with Crippen molar-refractivity contribution < 1.29 is 39.5 Å². The van der Waals surface area contributed by atoms with E-state index < -0.39 is 35.6 Å². The molecule has 1 rings (SSSR count). The molecule has 108 valence electrons. The molecular formula is C10H4F9-. The van der Waals surface area contributed by atoms with Gasteiger partial charge in [0.2, 0.25) is 0 Å². The van der Waals surface area contributed by atoms with Crippen LogP contribution in [0.15, 0.2) is 24.3 Å². The van der Waals surface area contributed by atoms with Gasteiger partial charge in [-0.1, -0.05) is 6.07 Å². The van der Waals surface area contributed by atoms with Gasteiger partial charge in [0.1, 0.15) is 0 Å². The third-order valence-corrected chi connectivity index (χ3v) is 2.05. The molecule has 0 aliphatic carbocycles. The van der Waals surface area contributed by atoms with E-state index >= 15 is 0 Å². The Morgan fingerprint density at radius 2 is 1.21 bits per heavy atom. The summed E-state index contributed by atoms with van der Waals surface area (Å²) in [6.07, 6.45) is -16.6. The van der Waals surface area contributed by atoms with Crippen LogP contribution in [-0.4, -0.2) is 12.4 Å². The highest BCUT2D eigenvalue weighted by molar-refractivity contribution is 5.39. The van der Waals surface area contributed by atoms with Gasteiger partial charge < -0.3 is 0 Å². The van der Waals surface area contributed by atoms with Crippen LogP contribution in [0.25, 0.3) is 0 Å². The van der Waals surface area contributed by atoms with Crippen LogP contribution in [0.2, 0.25) is 0 Å². The number of halogens is 9. The van der Waals surface area contributed by atoms with Gasteiger partial charge in [-0.15, -0.1) is 6.07 Å². The summed E-state index contributed by atoms with van der Waals surface area (Å²) in [7, 11) is 0. The zero-order valence-electron chi connectivity index (χ0n) is 8.71. The van der Waals surface area contributed by atoms with Crippen LogP contribution in [-0.2, 0) is 6.18 Å². The minimum Gasteiger partial charge on any atom is -0.179 e. The molecule has 0 saturated heterocycles. The molecule has 0 nitrogen and oxygen atoms in total. The van der Waals surface area contributed by atoms with Gasteiger partial charge in [0.05, 0.1) is 0 Å². The lowest BCUT2D eigenvalue weighted by molar-refractivity contribution is -0.197. The standard InChI is InChI=1S/C10H4F9/c11-8(12,13)6-3-1-2-5(4-6)7(9(14,15)16)10(17,18)19/h1-4H/q-1. The summed E-state index contributed by atoms with van der Waals surface area (Å²) in [4.78, 5) is 0. The molecule has 19 heavy (non-hydrogen) atoms. The van der Waals surface area contributed by atoms with Gasteiger partial charge in [-0.2, -0.15) is 57.2 Å². The molecule has 0 aliphatic rings. The molecule has 0 unspecified atom stereocenters. The molecule has 0 saturated carbocycles. The molecule has 0 heterocycles. The summed E-state index contributed by atoms with van der Waals surface area (Å²) in [5.41, 5.74) is -3.16. The molecule has 0 spiro atoms. The molecule has 0 N–H and O–H groups in total. The maximum Gasteiger partial charge on any atom is 0.405 e. The van der Waals surface area contributed by atoms with E-state index in [0.717, 1.165) is 0 Å². The fraction of sp³-hybridized carbons (Fsp3) is 0.300. The third kappa shape index (κ3) is 3.71. The van der Waals surface area contributed by atoms with Crippen LogP contribution in [0.4, 0.5) is 39.5 Å². The van der Waals surface area contributed by atoms with Crippen molar-refractivity contribution in [3.8, 4) is 0 Å². The Morgan fingerprint density at radius 1 is 0.737 bits per heavy atom. The van der Waals surface area contributed by atoms with E-state index in [-0.39, 0.29) is 6.07 Å². The number of alkyl halides is 9. The van der Waals surface area contributed by atoms with Gasteiger partial charge >= 0.3 is 18.5 Å². The molecule has 0 atom stereocenters. The molecule has 0 radical (unpaired) electrons. The van der Waals surface area contributed by atoms with Crippen LogP contribution in [0.3, 0.4) is 0 Å². The minimum atomic E-state index is -5.80. The highest BCUT2D eigenvalue weighted by atomic mass is 19.4. The van der Waals surface area contributed by atoms with Crippen LogP contribution in [0.1, 0.15) is 11.1 Å². The van der Waals surface area contributed by atoms with Gasteiger partial charge in [0.15, 0.2) is 0 Å². The van der Waals surface area contributed by atoms with E-state index in [9.17, 15) is 39.5 Å². The highest BCUT2D eigenvalue weighted by Crippen LogP contribution is 2.46. The first-order chi connectivity index (χ1) is 8.33. The smallest absolute Gasteiger partial charge is 0.179 e. The molecule has 0 fully saturated rings. The van der Waals surface area contributed by atoms with Gasteiger partial charge in [-0.25, -0.2) is 0 Å². The van der Waals surface area contributed by atoms with Crippen LogP contribution in [0.5, 0.6) is 0 Å². The SMILES string of the molecule is FC(F)(F)c1cccc([C-](C(F)(F)F)C(F)(F)F)c1. The van der Waals surface area contributed by atoms with E-state index in [4.69, 9.17) is 0 Å². The Kier molecular flexibility index (Phi) is 3.70. The monoisotopic (exact) mass is 295 g/mol. The van der Waals surface area contributed by atoms with E-state index in [1.165, 1.54) is 0 Å². The Hall–Kier alpha value is -1.54. The fourth-order valence-electron chi connectivity index (χ4n) is 1.34. The highest BCUT2D eigenvalue weighted by Gasteiger charge is 2.51. The predicted molar refractivity (Wildman–Crippen MR) is 45.9 cm³/mol. The van der Waals surface area contributed by atoms with Crippen molar-refractivity contribution in [3.05, 3.63) is 41.3 Å². The number of hydrogen-bond donors (Lipinski definition) is 0. The molecule has 1 aromatic carbocycles. The molecule has 1 aromatic rings. The average molecular weight is 295 g/mol. The second-order valence-electron chi connectivity index (χ2n) is 3.45. The molecule has 0 aliphatic heterocycles. The van der Waals surface area contributed by atoms with Crippen molar-refractivity contribution >= 4 is 0 Å². The molecular weight excluding hydrogens is 291 g/mol. The summed E-state index contributed by atoms with van der Waals surface area (Å²) in [5.74, 6) is -2.97. The minimum absolute atomic E-state index is 0.184. The van der Waals surface area contributed by atoms with Gasteiger partial charge in [-0.05, 0) is 5.56 Å².